The fourth-order valence-electron chi connectivity index (χ4n) is 2.80. The van der Waals surface area contributed by atoms with Crippen molar-refractivity contribution in [3.8, 4) is 0 Å². The van der Waals surface area contributed by atoms with Crippen LogP contribution in [0, 0.1) is 0 Å². The van der Waals surface area contributed by atoms with Gasteiger partial charge in [-0.15, -0.1) is 0 Å². The van der Waals surface area contributed by atoms with Gasteiger partial charge < -0.3 is 9.84 Å². The van der Waals surface area contributed by atoms with Gasteiger partial charge in [-0.05, 0) is 55.7 Å². The van der Waals surface area contributed by atoms with E-state index in [1.54, 1.807) is 13.3 Å². The van der Waals surface area contributed by atoms with Crippen LogP contribution in [0.2, 0.25) is 0 Å². The second-order valence-electron chi connectivity index (χ2n) is 5.84. The lowest BCUT2D eigenvalue weighted by atomic mass is 9.92. The van der Waals surface area contributed by atoms with Crippen LogP contribution in [-0.2, 0) is 11.3 Å². The molecule has 1 aromatic rings. The van der Waals surface area contributed by atoms with Crippen molar-refractivity contribution in [2.45, 2.75) is 44.9 Å². The monoisotopic (exact) mass is 345 g/mol. The van der Waals surface area contributed by atoms with Crippen molar-refractivity contribution in [2.24, 2.45) is 0 Å². The van der Waals surface area contributed by atoms with Gasteiger partial charge in [-0.1, -0.05) is 0 Å². The minimum Gasteiger partial charge on any atom is -0.385 e. The number of aliphatic hydroxyl groups is 1. The summed E-state index contributed by atoms with van der Waals surface area (Å²) < 4.78 is 7.79. The third kappa shape index (κ3) is 3.08. The summed E-state index contributed by atoms with van der Waals surface area (Å²) in [4.78, 5) is 2.36. The highest BCUT2D eigenvalue weighted by atomic mass is 79.9. The number of hydrogen-bond donors (Lipinski definition) is 1. The van der Waals surface area contributed by atoms with E-state index in [1.165, 1.54) is 12.8 Å². The van der Waals surface area contributed by atoms with Crippen molar-refractivity contribution >= 4 is 15.9 Å². The molecule has 1 saturated heterocycles. The number of aliphatic hydroxyl groups excluding tert-OH is 1. The molecule has 0 bridgehead atoms. The van der Waals surface area contributed by atoms with E-state index in [1.807, 2.05) is 4.68 Å². The number of likely N-dealkylation sites (tertiary alicyclic amines) is 1. The average molecular weight is 346 g/mol. The van der Waals surface area contributed by atoms with E-state index in [0.29, 0.717) is 13.2 Å². The zero-order chi connectivity index (χ0) is 14.8. The maximum Gasteiger partial charge on any atom is 0.114 e. The zero-order valence-corrected chi connectivity index (χ0v) is 14.1. The first-order valence-corrected chi connectivity index (χ1v) is 7.91. The molecule has 0 spiro atoms. The molecule has 0 amide bonds. The Morgan fingerprint density at radius 2 is 2.10 bits per heavy atom. The Morgan fingerprint density at radius 1 is 1.45 bits per heavy atom. The molecule has 0 aromatic carbocycles. The molecular formula is C14H24BrN3O2. The normalized spacial score (nSPS) is 18.6. The van der Waals surface area contributed by atoms with Crippen molar-refractivity contribution in [1.82, 2.24) is 14.7 Å². The summed E-state index contributed by atoms with van der Waals surface area (Å²) in [5.41, 5.74) is 0.531. The predicted molar refractivity (Wildman–Crippen MR) is 81.6 cm³/mol. The van der Waals surface area contributed by atoms with Crippen LogP contribution in [0.3, 0.4) is 0 Å². The second-order valence-corrected chi connectivity index (χ2v) is 6.70. The summed E-state index contributed by atoms with van der Waals surface area (Å²) in [7, 11) is 1.67. The van der Waals surface area contributed by atoms with E-state index in [4.69, 9.17) is 4.74 Å². The van der Waals surface area contributed by atoms with E-state index < -0.39 is 6.10 Å². The molecule has 6 heteroatoms. The molecular weight excluding hydrogens is 322 g/mol. The van der Waals surface area contributed by atoms with Crippen molar-refractivity contribution < 1.29 is 9.84 Å². The largest absolute Gasteiger partial charge is 0.385 e. The third-order valence-corrected chi connectivity index (χ3v) is 4.80. The van der Waals surface area contributed by atoms with Gasteiger partial charge in [-0.3, -0.25) is 9.58 Å². The topological polar surface area (TPSA) is 50.5 Å². The molecule has 1 N–H and O–H groups in total. The number of aromatic nitrogens is 2. The predicted octanol–water partition coefficient (Wildman–Crippen LogP) is 2.20. The highest BCUT2D eigenvalue weighted by Gasteiger charge is 2.39. The SMILES string of the molecule is COCCn1ncc(Br)c1C(O)C(C)(C)N1CCCC1. The van der Waals surface area contributed by atoms with Crippen molar-refractivity contribution in [1.29, 1.82) is 0 Å². The van der Waals surface area contributed by atoms with Crippen molar-refractivity contribution in [2.75, 3.05) is 26.8 Å². The van der Waals surface area contributed by atoms with Crippen LogP contribution in [0.25, 0.3) is 0 Å². The van der Waals surface area contributed by atoms with E-state index in [-0.39, 0.29) is 5.54 Å². The highest BCUT2D eigenvalue weighted by molar-refractivity contribution is 9.10. The molecule has 0 radical (unpaired) electrons. The average Bonchev–Trinajstić information content (AvgIpc) is 3.05. The van der Waals surface area contributed by atoms with Crippen LogP contribution < -0.4 is 0 Å². The molecule has 20 heavy (non-hydrogen) atoms. The first-order valence-electron chi connectivity index (χ1n) is 7.11. The van der Waals surface area contributed by atoms with Gasteiger partial charge >= 0.3 is 0 Å². The summed E-state index contributed by atoms with van der Waals surface area (Å²) >= 11 is 3.51. The lowest BCUT2D eigenvalue weighted by Gasteiger charge is -2.39. The maximum atomic E-state index is 10.9. The minimum absolute atomic E-state index is 0.302. The third-order valence-electron chi connectivity index (χ3n) is 4.19. The lowest BCUT2D eigenvalue weighted by molar-refractivity contribution is -0.00488. The quantitative estimate of drug-likeness (QED) is 0.858. The van der Waals surface area contributed by atoms with Crippen LogP contribution in [0.1, 0.15) is 38.5 Å². The van der Waals surface area contributed by atoms with Gasteiger partial charge in [-0.25, -0.2) is 0 Å². The molecule has 0 saturated carbocycles. The Hall–Kier alpha value is -0.430. The summed E-state index contributed by atoms with van der Waals surface area (Å²) in [6.45, 7) is 7.52. The Kier molecular flexibility index (Phi) is 5.23. The van der Waals surface area contributed by atoms with Crippen LogP contribution in [0.5, 0.6) is 0 Å². The van der Waals surface area contributed by atoms with Crippen LogP contribution in [0.4, 0.5) is 0 Å². The molecule has 1 fully saturated rings. The smallest absolute Gasteiger partial charge is 0.114 e. The first-order chi connectivity index (χ1) is 9.48. The summed E-state index contributed by atoms with van der Waals surface area (Å²) in [6, 6.07) is 0. The summed E-state index contributed by atoms with van der Waals surface area (Å²) in [5.74, 6) is 0. The van der Waals surface area contributed by atoms with Crippen LogP contribution >= 0.6 is 15.9 Å². The Balaban J connectivity index is 2.22. The zero-order valence-electron chi connectivity index (χ0n) is 12.5. The van der Waals surface area contributed by atoms with Gasteiger partial charge in [0.25, 0.3) is 0 Å². The maximum absolute atomic E-state index is 10.9. The van der Waals surface area contributed by atoms with Gasteiger partial charge in [0.1, 0.15) is 6.10 Å². The molecule has 1 aliphatic heterocycles. The van der Waals surface area contributed by atoms with Gasteiger partial charge in [0, 0.05) is 12.6 Å². The fourth-order valence-corrected chi connectivity index (χ4v) is 3.31. The van der Waals surface area contributed by atoms with E-state index in [9.17, 15) is 5.11 Å². The lowest BCUT2D eigenvalue weighted by Crippen LogP contribution is -2.47. The fraction of sp³-hybridized carbons (Fsp3) is 0.786. The van der Waals surface area contributed by atoms with Gasteiger partial charge in [0.15, 0.2) is 0 Å². The van der Waals surface area contributed by atoms with Gasteiger partial charge in [0.2, 0.25) is 0 Å². The number of halogens is 1. The molecule has 1 aromatic heterocycles. The Bertz CT molecular complexity index is 442. The molecule has 1 aliphatic rings. The van der Waals surface area contributed by atoms with E-state index in [0.717, 1.165) is 23.3 Å². The van der Waals surface area contributed by atoms with Gasteiger partial charge in [0.05, 0.1) is 29.5 Å². The Morgan fingerprint density at radius 3 is 2.70 bits per heavy atom. The second kappa shape index (κ2) is 6.56. The first kappa shape index (κ1) is 15.9. The number of rotatable bonds is 6. The van der Waals surface area contributed by atoms with Gasteiger partial charge in [-0.2, -0.15) is 5.10 Å². The molecule has 2 heterocycles. The number of hydrogen-bond acceptors (Lipinski definition) is 4. The Labute approximate surface area is 129 Å². The number of ether oxygens (including phenoxy) is 1. The summed E-state index contributed by atoms with van der Waals surface area (Å²) in [6.07, 6.45) is 3.57. The molecule has 2 rings (SSSR count). The standard InChI is InChI=1S/C14H24BrN3O2/c1-14(2,17-6-4-5-7-17)13(19)12-11(15)10-16-18(12)8-9-20-3/h10,13,19H,4-9H2,1-3H3. The van der Waals surface area contributed by atoms with E-state index >= 15 is 0 Å². The molecule has 0 aliphatic carbocycles. The molecule has 1 atom stereocenters. The van der Waals surface area contributed by atoms with Crippen molar-refractivity contribution in [3.05, 3.63) is 16.4 Å². The minimum atomic E-state index is -0.589. The number of nitrogens with zero attached hydrogens (tertiary/aromatic N) is 3. The highest BCUT2D eigenvalue weighted by Crippen LogP contribution is 2.36. The number of methoxy groups -OCH3 is 1. The molecule has 1 unspecified atom stereocenters. The molecule has 114 valence electrons. The van der Waals surface area contributed by atoms with E-state index in [2.05, 4.69) is 39.8 Å². The molecule has 5 nitrogen and oxygen atoms in total. The van der Waals surface area contributed by atoms with Crippen molar-refractivity contribution in [3.63, 3.8) is 0 Å². The van der Waals surface area contributed by atoms with Crippen LogP contribution in [0.15, 0.2) is 10.7 Å². The van der Waals surface area contributed by atoms with Crippen LogP contribution in [-0.4, -0.2) is 52.1 Å². The summed E-state index contributed by atoms with van der Waals surface area (Å²) in [5, 5.41) is 15.2.